The first-order valence-corrected chi connectivity index (χ1v) is 11.3. The molecule has 2 amide bonds. The van der Waals surface area contributed by atoms with Crippen molar-refractivity contribution in [2.45, 2.75) is 32.2 Å². The van der Waals surface area contributed by atoms with Crippen LogP contribution in [0.5, 0.6) is 17.4 Å². The molecule has 0 spiro atoms. The number of amides is 2. The Morgan fingerprint density at radius 3 is 2.76 bits per heavy atom. The van der Waals surface area contributed by atoms with E-state index in [1.54, 1.807) is 30.0 Å². The van der Waals surface area contributed by atoms with Gasteiger partial charge in [0.15, 0.2) is 11.5 Å². The number of fused-ring (bicyclic) bond motifs is 1. The maximum atomic E-state index is 12.4. The van der Waals surface area contributed by atoms with Gasteiger partial charge < -0.3 is 24.5 Å². The van der Waals surface area contributed by atoms with Gasteiger partial charge in [-0.2, -0.15) is 0 Å². The van der Waals surface area contributed by atoms with Crippen LogP contribution in [0, 0.1) is 5.92 Å². The van der Waals surface area contributed by atoms with E-state index in [1.807, 2.05) is 31.2 Å². The molecule has 0 saturated heterocycles. The van der Waals surface area contributed by atoms with Gasteiger partial charge in [0.1, 0.15) is 0 Å². The topological polar surface area (TPSA) is 113 Å². The molecule has 180 valence electrons. The van der Waals surface area contributed by atoms with E-state index in [0.29, 0.717) is 47.1 Å². The lowest BCUT2D eigenvalue weighted by Gasteiger charge is -2.23. The van der Waals surface area contributed by atoms with E-state index in [9.17, 15) is 19.9 Å². The van der Waals surface area contributed by atoms with E-state index < -0.39 is 6.04 Å². The smallest absolute Gasteiger partial charge is 0.233 e. The first kappa shape index (κ1) is 23.4. The van der Waals surface area contributed by atoms with Crippen molar-refractivity contribution in [1.82, 2.24) is 9.63 Å². The SMILES string of the molecule is CCOc1cc(C(CCN(O)C=O)n2cc3cccc(NC(=O)C4CC4)c3c2O)ccc1OC. The molecule has 9 nitrogen and oxygen atoms in total. The van der Waals surface area contributed by atoms with Gasteiger partial charge in [-0.25, -0.2) is 5.06 Å². The van der Waals surface area contributed by atoms with Crippen LogP contribution >= 0.6 is 0 Å². The summed E-state index contributed by atoms with van der Waals surface area (Å²) in [7, 11) is 1.56. The number of aromatic nitrogens is 1. The third kappa shape index (κ3) is 4.79. The second-order valence-corrected chi connectivity index (χ2v) is 8.31. The summed E-state index contributed by atoms with van der Waals surface area (Å²) in [5.41, 5.74) is 1.34. The molecule has 3 N–H and O–H groups in total. The molecule has 1 fully saturated rings. The molecule has 0 radical (unpaired) electrons. The molecule has 1 saturated carbocycles. The lowest BCUT2D eigenvalue weighted by molar-refractivity contribution is -0.150. The van der Waals surface area contributed by atoms with E-state index in [1.165, 1.54) is 0 Å². The summed E-state index contributed by atoms with van der Waals surface area (Å²) in [5, 5.41) is 25.8. The predicted octanol–water partition coefficient (Wildman–Crippen LogP) is 3.93. The van der Waals surface area contributed by atoms with Crippen LogP contribution in [-0.2, 0) is 9.59 Å². The minimum atomic E-state index is -0.445. The minimum absolute atomic E-state index is 0.0175. The Bertz CT molecular complexity index is 1190. The Morgan fingerprint density at radius 2 is 2.09 bits per heavy atom. The molecule has 0 aliphatic heterocycles. The van der Waals surface area contributed by atoms with E-state index in [4.69, 9.17) is 9.47 Å². The van der Waals surface area contributed by atoms with Gasteiger partial charge in [-0.1, -0.05) is 18.2 Å². The van der Waals surface area contributed by atoms with Crippen molar-refractivity contribution in [1.29, 1.82) is 0 Å². The molecule has 0 bridgehead atoms. The number of ether oxygens (including phenoxy) is 2. The number of hydrogen-bond donors (Lipinski definition) is 3. The molecule has 1 atom stereocenters. The quantitative estimate of drug-likeness (QED) is 0.224. The highest BCUT2D eigenvalue weighted by Crippen LogP contribution is 2.41. The summed E-state index contributed by atoms with van der Waals surface area (Å²) in [6.45, 7) is 2.37. The van der Waals surface area contributed by atoms with Crippen molar-refractivity contribution in [2.24, 2.45) is 5.92 Å². The van der Waals surface area contributed by atoms with E-state index >= 15 is 0 Å². The Labute approximate surface area is 197 Å². The highest BCUT2D eigenvalue weighted by Gasteiger charge is 2.30. The van der Waals surface area contributed by atoms with E-state index in [2.05, 4.69) is 5.32 Å². The lowest BCUT2D eigenvalue weighted by atomic mass is 10.0. The summed E-state index contributed by atoms with van der Waals surface area (Å²) < 4.78 is 12.8. The van der Waals surface area contributed by atoms with Crippen LogP contribution in [0.1, 0.15) is 37.8 Å². The number of carbonyl (C=O) groups excluding carboxylic acids is 2. The fourth-order valence-corrected chi connectivity index (χ4v) is 4.13. The summed E-state index contributed by atoms with van der Waals surface area (Å²) >= 11 is 0. The van der Waals surface area contributed by atoms with Crippen molar-refractivity contribution in [3.8, 4) is 17.4 Å². The molecular formula is C25H29N3O6. The number of hydroxylamine groups is 2. The summed E-state index contributed by atoms with van der Waals surface area (Å²) in [6.07, 6.45) is 4.21. The van der Waals surface area contributed by atoms with Gasteiger partial charge in [0, 0.05) is 17.5 Å². The second kappa shape index (κ2) is 10.0. The number of carbonyl (C=O) groups is 2. The molecule has 2 aromatic carbocycles. The maximum Gasteiger partial charge on any atom is 0.233 e. The number of aromatic hydroxyl groups is 1. The van der Waals surface area contributed by atoms with Crippen LogP contribution in [0.2, 0.25) is 0 Å². The lowest BCUT2D eigenvalue weighted by Crippen LogP contribution is -2.22. The fourth-order valence-electron chi connectivity index (χ4n) is 4.13. The number of hydrogen-bond acceptors (Lipinski definition) is 6. The van der Waals surface area contributed by atoms with Crippen molar-refractivity contribution < 1.29 is 29.4 Å². The van der Waals surface area contributed by atoms with E-state index in [-0.39, 0.29) is 24.2 Å². The van der Waals surface area contributed by atoms with E-state index in [0.717, 1.165) is 23.8 Å². The van der Waals surface area contributed by atoms with Gasteiger partial charge in [-0.05, 0) is 49.9 Å². The zero-order valence-electron chi connectivity index (χ0n) is 19.2. The summed E-state index contributed by atoms with van der Waals surface area (Å²) in [5.74, 6) is 1.10. The summed E-state index contributed by atoms with van der Waals surface area (Å²) in [6, 6.07) is 10.5. The van der Waals surface area contributed by atoms with Crippen LogP contribution in [0.4, 0.5) is 5.69 Å². The molecule has 9 heteroatoms. The number of nitrogens with zero attached hydrogens (tertiary/aromatic N) is 2. The monoisotopic (exact) mass is 467 g/mol. The van der Waals surface area contributed by atoms with Crippen LogP contribution in [0.3, 0.4) is 0 Å². The molecule has 4 rings (SSSR count). The number of rotatable bonds is 11. The number of nitrogens with one attached hydrogen (secondary N) is 1. The molecule has 1 aromatic heterocycles. The molecule has 1 heterocycles. The highest BCUT2D eigenvalue weighted by atomic mass is 16.5. The normalized spacial score (nSPS) is 14.0. The third-order valence-corrected chi connectivity index (χ3v) is 6.01. The molecular weight excluding hydrogens is 438 g/mol. The molecule has 3 aromatic rings. The van der Waals surface area contributed by atoms with Gasteiger partial charge in [-0.15, -0.1) is 0 Å². The minimum Gasteiger partial charge on any atom is -0.494 e. The first-order valence-electron chi connectivity index (χ1n) is 11.3. The molecule has 34 heavy (non-hydrogen) atoms. The Morgan fingerprint density at radius 1 is 1.29 bits per heavy atom. The van der Waals surface area contributed by atoms with Crippen LogP contribution in [0.15, 0.2) is 42.6 Å². The van der Waals surface area contributed by atoms with Gasteiger partial charge in [-0.3, -0.25) is 14.8 Å². The van der Waals surface area contributed by atoms with Crippen molar-refractivity contribution in [3.63, 3.8) is 0 Å². The van der Waals surface area contributed by atoms with Gasteiger partial charge in [0.25, 0.3) is 0 Å². The largest absolute Gasteiger partial charge is 0.494 e. The van der Waals surface area contributed by atoms with Crippen molar-refractivity contribution >= 4 is 28.8 Å². The van der Waals surface area contributed by atoms with Crippen molar-refractivity contribution in [2.75, 3.05) is 25.6 Å². The summed E-state index contributed by atoms with van der Waals surface area (Å²) in [4.78, 5) is 23.3. The average molecular weight is 468 g/mol. The highest BCUT2D eigenvalue weighted by molar-refractivity contribution is 6.05. The Kier molecular flexibility index (Phi) is 6.93. The number of anilines is 1. The maximum absolute atomic E-state index is 12.4. The molecule has 1 aliphatic carbocycles. The molecule has 1 aliphatic rings. The third-order valence-electron chi connectivity index (χ3n) is 6.01. The van der Waals surface area contributed by atoms with Crippen LogP contribution in [0.25, 0.3) is 10.8 Å². The van der Waals surface area contributed by atoms with Gasteiger partial charge >= 0.3 is 0 Å². The average Bonchev–Trinajstić information content (AvgIpc) is 3.64. The fraction of sp³-hybridized carbons (Fsp3) is 0.360. The first-order chi connectivity index (χ1) is 16.5. The van der Waals surface area contributed by atoms with Crippen LogP contribution in [-0.4, -0.2) is 52.5 Å². The number of benzene rings is 2. The molecule has 1 unspecified atom stereocenters. The Hall–Kier alpha value is -3.72. The standard InChI is InChI=1S/C25H29N3O6/c1-3-34-22-13-17(9-10-21(22)33-2)20(11-12-27(32)15-29)28-14-18-5-4-6-19(23(18)25(28)31)26-24(30)16-7-8-16/h4-6,9-10,13-16,20,31-32H,3,7-8,11-12H2,1-2H3,(H,26,30). The van der Waals surface area contributed by atoms with Crippen molar-refractivity contribution in [3.05, 3.63) is 48.2 Å². The predicted molar refractivity (Wildman–Crippen MR) is 126 cm³/mol. The van der Waals surface area contributed by atoms with Gasteiger partial charge in [0.05, 0.1) is 37.4 Å². The zero-order valence-corrected chi connectivity index (χ0v) is 19.2. The number of methoxy groups -OCH3 is 1. The van der Waals surface area contributed by atoms with Gasteiger partial charge in [0.2, 0.25) is 18.2 Å². The second-order valence-electron chi connectivity index (χ2n) is 8.31. The zero-order chi connectivity index (χ0) is 24.2. The van der Waals surface area contributed by atoms with Crippen LogP contribution < -0.4 is 14.8 Å². The Balaban J connectivity index is 1.77.